The van der Waals surface area contributed by atoms with E-state index in [0.29, 0.717) is 5.17 Å². The summed E-state index contributed by atoms with van der Waals surface area (Å²) in [6, 6.07) is 10.4. The summed E-state index contributed by atoms with van der Waals surface area (Å²) in [7, 11) is 0. The number of thioether (sulfide) groups is 1. The summed E-state index contributed by atoms with van der Waals surface area (Å²) in [6.07, 6.45) is 1.76. The normalized spacial score (nSPS) is 17.9. The highest BCUT2D eigenvalue weighted by Crippen LogP contribution is 2.31. The van der Waals surface area contributed by atoms with E-state index in [9.17, 15) is 4.79 Å². The van der Waals surface area contributed by atoms with E-state index in [1.165, 1.54) is 22.3 Å². The number of hydrogen-bond donors (Lipinski definition) is 1. The lowest BCUT2D eigenvalue weighted by atomic mass is 10.1. The molecule has 2 aliphatic heterocycles. The lowest BCUT2D eigenvalue weighted by molar-refractivity contribution is -0.114. The molecule has 0 saturated carbocycles. The van der Waals surface area contributed by atoms with Gasteiger partial charge in [0.25, 0.3) is 5.91 Å². The minimum atomic E-state index is -0.394. The van der Waals surface area contributed by atoms with Crippen LogP contribution in [0.2, 0.25) is 0 Å². The van der Waals surface area contributed by atoms with E-state index in [1.807, 2.05) is 33.8 Å². The molecule has 0 bridgehead atoms. The van der Waals surface area contributed by atoms with Crippen molar-refractivity contribution >= 4 is 39.8 Å². The number of hydrogen-bond acceptors (Lipinski definition) is 4. The second kappa shape index (κ2) is 7.15. The van der Waals surface area contributed by atoms with E-state index in [2.05, 4.69) is 45.9 Å². The maximum Gasteiger partial charge on any atom is 0.283 e. The van der Waals surface area contributed by atoms with Crippen LogP contribution in [-0.4, -0.2) is 31.5 Å². The van der Waals surface area contributed by atoms with Crippen LogP contribution < -0.4 is 0 Å². The maximum atomic E-state index is 12.6. The molecule has 0 fully saturated rings. The van der Waals surface area contributed by atoms with Crippen molar-refractivity contribution in [2.75, 3.05) is 0 Å². The number of benzene rings is 1. The molecular weight excluding hydrogens is 382 g/mol. The number of nitrogens with one attached hydrogen (secondary N) is 1. The largest absolute Gasteiger partial charge is 0.318 e. The molecule has 1 aromatic carbocycles. The van der Waals surface area contributed by atoms with Crippen LogP contribution in [0.4, 0.5) is 0 Å². The summed E-state index contributed by atoms with van der Waals surface area (Å²) >= 11 is 1.36. The maximum absolute atomic E-state index is 12.6. The number of amides is 1. The highest BCUT2D eigenvalue weighted by Gasteiger charge is 2.36. The number of nitrogens with zero attached hydrogens (tertiary/aromatic N) is 4. The molecule has 0 aliphatic carbocycles. The minimum absolute atomic E-state index is 0.0725. The van der Waals surface area contributed by atoms with Crippen molar-refractivity contribution in [2.24, 2.45) is 16.0 Å². The first-order chi connectivity index (χ1) is 13.8. The Bertz CT molecular complexity index is 1120. The number of rotatable bonds is 3. The molecule has 2 aliphatic rings. The number of hydrazone groups is 1. The Kier molecular flexibility index (Phi) is 4.78. The van der Waals surface area contributed by atoms with Gasteiger partial charge >= 0.3 is 0 Å². The van der Waals surface area contributed by atoms with Crippen molar-refractivity contribution < 1.29 is 4.79 Å². The quantitative estimate of drug-likeness (QED) is 0.754. The van der Waals surface area contributed by atoms with Crippen LogP contribution in [0.3, 0.4) is 0 Å². The molecular formula is C22H23N5OS. The number of aromatic nitrogens is 1. The van der Waals surface area contributed by atoms with E-state index in [0.717, 1.165) is 27.7 Å². The molecule has 4 rings (SSSR count). The second-order valence-corrected chi connectivity index (χ2v) is 8.60. The Labute approximate surface area is 174 Å². The zero-order valence-electron chi connectivity index (χ0n) is 17.1. The molecule has 1 amide bonds. The zero-order valence-corrected chi connectivity index (χ0v) is 18.0. The monoisotopic (exact) mass is 405 g/mol. The molecule has 3 heterocycles. The molecule has 148 valence electrons. The van der Waals surface area contributed by atoms with E-state index in [4.69, 9.17) is 5.41 Å². The summed E-state index contributed by atoms with van der Waals surface area (Å²) in [5, 5.41) is 15.8. The topological polar surface area (TPSA) is 73.8 Å². The SMILES string of the molecule is Cc1ccc(-n2c(C)cc(C=C3C(=N)N4N=C(C(C)C)SC4=NC3=O)c2C)cc1. The average Bonchev–Trinajstić information content (AvgIpc) is 3.21. The van der Waals surface area contributed by atoms with Crippen LogP contribution in [0.15, 0.2) is 46.0 Å². The van der Waals surface area contributed by atoms with Crippen molar-refractivity contribution in [1.29, 1.82) is 5.41 Å². The Balaban J connectivity index is 1.74. The van der Waals surface area contributed by atoms with Gasteiger partial charge in [-0.25, -0.2) is 0 Å². The number of carbonyl (C=O) groups is 1. The standard InChI is InChI=1S/C22H23N5OS/c1-12(2)21-25-27-19(23)18(20(28)24-22(27)29-21)11-16-10-14(4)26(15(16)5)17-8-6-13(3)7-9-17/h6-12,23H,1-5H3. The number of aryl methyl sites for hydroxylation is 2. The predicted octanol–water partition coefficient (Wildman–Crippen LogP) is 4.68. The number of aliphatic imine (C=N–C) groups is 1. The first-order valence-electron chi connectivity index (χ1n) is 9.52. The van der Waals surface area contributed by atoms with Gasteiger partial charge in [0, 0.05) is 23.0 Å². The van der Waals surface area contributed by atoms with Gasteiger partial charge in [-0.2, -0.15) is 15.1 Å². The van der Waals surface area contributed by atoms with Crippen LogP contribution in [0, 0.1) is 32.1 Å². The highest BCUT2D eigenvalue weighted by molar-refractivity contribution is 8.27. The summed E-state index contributed by atoms with van der Waals surface area (Å²) < 4.78 is 2.15. The third-order valence-electron chi connectivity index (χ3n) is 5.03. The van der Waals surface area contributed by atoms with E-state index in [-0.39, 0.29) is 17.3 Å². The number of carbonyl (C=O) groups excluding carboxylic acids is 1. The Morgan fingerprint density at radius 1 is 1.14 bits per heavy atom. The summed E-state index contributed by atoms with van der Waals surface area (Å²) in [4.78, 5) is 16.8. The van der Waals surface area contributed by atoms with Crippen molar-refractivity contribution in [1.82, 2.24) is 9.58 Å². The summed E-state index contributed by atoms with van der Waals surface area (Å²) in [5.74, 6) is -0.102. The van der Waals surface area contributed by atoms with Gasteiger partial charge in [-0.3, -0.25) is 10.2 Å². The number of amidine groups is 2. The fourth-order valence-electron chi connectivity index (χ4n) is 3.42. The van der Waals surface area contributed by atoms with Gasteiger partial charge in [-0.1, -0.05) is 31.5 Å². The van der Waals surface area contributed by atoms with Gasteiger partial charge in [0.15, 0.2) is 5.84 Å². The molecule has 0 spiro atoms. The molecule has 1 aromatic heterocycles. The fraction of sp³-hybridized carbons (Fsp3) is 0.273. The Morgan fingerprint density at radius 3 is 2.48 bits per heavy atom. The van der Waals surface area contributed by atoms with E-state index < -0.39 is 5.91 Å². The van der Waals surface area contributed by atoms with Crippen molar-refractivity contribution in [3.8, 4) is 5.69 Å². The minimum Gasteiger partial charge on any atom is -0.318 e. The van der Waals surface area contributed by atoms with Gasteiger partial charge in [0.2, 0.25) is 5.17 Å². The van der Waals surface area contributed by atoms with Crippen LogP contribution in [-0.2, 0) is 4.79 Å². The first-order valence-corrected chi connectivity index (χ1v) is 10.3. The van der Waals surface area contributed by atoms with Crippen LogP contribution in [0.1, 0.15) is 36.4 Å². The van der Waals surface area contributed by atoms with Gasteiger partial charge in [-0.05, 0) is 62.4 Å². The lowest BCUT2D eigenvalue weighted by Gasteiger charge is -2.20. The van der Waals surface area contributed by atoms with Crippen LogP contribution in [0.25, 0.3) is 11.8 Å². The molecule has 0 unspecified atom stereocenters. The van der Waals surface area contributed by atoms with Gasteiger partial charge in [-0.15, -0.1) is 0 Å². The van der Waals surface area contributed by atoms with Crippen molar-refractivity contribution in [3.63, 3.8) is 0 Å². The van der Waals surface area contributed by atoms with Crippen molar-refractivity contribution in [2.45, 2.75) is 34.6 Å². The second-order valence-electron chi connectivity index (χ2n) is 7.61. The van der Waals surface area contributed by atoms with Gasteiger partial charge in [0.05, 0.1) is 5.57 Å². The smallest absolute Gasteiger partial charge is 0.283 e. The third kappa shape index (κ3) is 3.35. The Hall–Kier alpha value is -2.93. The Morgan fingerprint density at radius 2 is 1.83 bits per heavy atom. The molecule has 0 saturated heterocycles. The van der Waals surface area contributed by atoms with Gasteiger partial charge in [0.1, 0.15) is 5.04 Å². The summed E-state index contributed by atoms with van der Waals surface area (Å²) in [6.45, 7) is 10.2. The molecule has 1 N–H and O–H groups in total. The molecule has 6 nitrogen and oxygen atoms in total. The summed E-state index contributed by atoms with van der Waals surface area (Å²) in [5.41, 5.74) is 5.51. The highest BCUT2D eigenvalue weighted by atomic mass is 32.2. The third-order valence-corrected chi connectivity index (χ3v) is 6.24. The first kappa shape index (κ1) is 19.4. The predicted molar refractivity (Wildman–Crippen MR) is 120 cm³/mol. The van der Waals surface area contributed by atoms with Crippen LogP contribution in [0.5, 0.6) is 0 Å². The molecule has 29 heavy (non-hydrogen) atoms. The van der Waals surface area contributed by atoms with Gasteiger partial charge < -0.3 is 4.57 Å². The molecule has 0 radical (unpaired) electrons. The molecule has 2 aromatic rings. The zero-order chi connectivity index (χ0) is 20.9. The van der Waals surface area contributed by atoms with E-state index in [1.54, 1.807) is 6.08 Å². The van der Waals surface area contributed by atoms with Crippen molar-refractivity contribution in [3.05, 3.63) is 58.4 Å². The molecule has 0 atom stereocenters. The fourth-order valence-corrected chi connectivity index (χ4v) is 4.31. The van der Waals surface area contributed by atoms with Crippen LogP contribution >= 0.6 is 11.8 Å². The van der Waals surface area contributed by atoms with E-state index >= 15 is 0 Å². The number of fused-ring (bicyclic) bond motifs is 1. The lowest BCUT2D eigenvalue weighted by Crippen LogP contribution is -2.35. The average molecular weight is 406 g/mol. The molecule has 7 heteroatoms.